The molecule has 0 aliphatic carbocycles. The summed E-state index contributed by atoms with van der Waals surface area (Å²) < 4.78 is 5.43. The molecule has 0 spiro atoms. The number of nitrogens with one attached hydrogen (secondary N) is 1. The summed E-state index contributed by atoms with van der Waals surface area (Å²) in [4.78, 5) is 15.9. The summed E-state index contributed by atoms with van der Waals surface area (Å²) in [7, 11) is 0. The molecule has 5 heteroatoms. The second kappa shape index (κ2) is 10.0. The summed E-state index contributed by atoms with van der Waals surface area (Å²) in [5, 5.41) is 3.50. The van der Waals surface area contributed by atoms with Crippen LogP contribution in [-0.4, -0.2) is 44.2 Å². The van der Waals surface area contributed by atoms with E-state index in [0.29, 0.717) is 13.0 Å². The second-order valence-electron chi connectivity index (χ2n) is 7.64. The molecule has 5 nitrogen and oxygen atoms in total. The van der Waals surface area contributed by atoms with Crippen molar-refractivity contribution in [3.8, 4) is 0 Å². The van der Waals surface area contributed by atoms with Crippen molar-refractivity contribution in [1.29, 1.82) is 0 Å². The number of ether oxygens (including phenoxy) is 1. The Labute approximate surface area is 174 Å². The number of nitrogens with zero attached hydrogens (tertiary/aromatic N) is 1. The van der Waals surface area contributed by atoms with Crippen molar-refractivity contribution in [3.63, 3.8) is 0 Å². The van der Waals surface area contributed by atoms with E-state index in [1.54, 1.807) is 0 Å². The predicted molar refractivity (Wildman–Crippen MR) is 119 cm³/mol. The van der Waals surface area contributed by atoms with Gasteiger partial charge in [0.1, 0.15) is 0 Å². The summed E-state index contributed by atoms with van der Waals surface area (Å²) in [6.07, 6.45) is 1.38. The maximum absolute atomic E-state index is 13.6. The van der Waals surface area contributed by atoms with Gasteiger partial charge in [0.05, 0.1) is 18.8 Å². The van der Waals surface area contributed by atoms with Crippen LogP contribution in [0.4, 0.5) is 5.69 Å². The van der Waals surface area contributed by atoms with Gasteiger partial charge in [-0.1, -0.05) is 38.1 Å². The Morgan fingerprint density at radius 1 is 1.03 bits per heavy atom. The number of likely N-dealkylation sites (N-methyl/N-ethyl adjacent to an activating group) is 1. The first-order chi connectivity index (χ1) is 14.1. The summed E-state index contributed by atoms with van der Waals surface area (Å²) in [6.45, 7) is 8.69. The highest BCUT2D eigenvalue weighted by molar-refractivity contribution is 6.03. The summed E-state index contributed by atoms with van der Waals surface area (Å²) in [5.41, 5.74) is 9.25. The van der Waals surface area contributed by atoms with Crippen LogP contribution in [0.5, 0.6) is 0 Å². The van der Waals surface area contributed by atoms with E-state index in [1.165, 1.54) is 0 Å². The number of hydrogen-bond acceptors (Lipinski definition) is 5. The van der Waals surface area contributed by atoms with Crippen molar-refractivity contribution in [2.45, 2.75) is 38.8 Å². The summed E-state index contributed by atoms with van der Waals surface area (Å²) in [5.74, 6) is 0.151. The molecule has 1 heterocycles. The number of carbonyl (C=O) groups excluding carboxylic acids is 1. The Bertz CT molecular complexity index is 783. The highest BCUT2D eigenvalue weighted by Crippen LogP contribution is 2.25. The number of carbonyl (C=O) groups is 1. The van der Waals surface area contributed by atoms with Gasteiger partial charge in [-0.25, -0.2) is 0 Å². The summed E-state index contributed by atoms with van der Waals surface area (Å²) in [6, 6.07) is 16.3. The molecule has 29 heavy (non-hydrogen) atoms. The van der Waals surface area contributed by atoms with Crippen LogP contribution in [0.25, 0.3) is 0 Å². The number of ketones is 1. The number of nitrogens with two attached hydrogens (primary N) is 1. The van der Waals surface area contributed by atoms with Gasteiger partial charge < -0.3 is 20.7 Å². The molecule has 3 N–H and O–H groups in total. The average Bonchev–Trinajstić information content (AvgIpc) is 2.79. The van der Waals surface area contributed by atoms with E-state index < -0.39 is 5.54 Å². The van der Waals surface area contributed by atoms with Crippen LogP contribution in [0.3, 0.4) is 0 Å². The molecule has 0 aromatic heterocycles. The molecule has 3 rings (SSSR count). The van der Waals surface area contributed by atoms with E-state index in [1.807, 2.05) is 24.3 Å². The normalized spacial score (nSPS) is 16.4. The third kappa shape index (κ3) is 5.04. The molecule has 2 aromatic carbocycles. The minimum absolute atomic E-state index is 0.151. The van der Waals surface area contributed by atoms with Crippen LogP contribution in [-0.2, 0) is 17.7 Å². The molecule has 2 aromatic rings. The van der Waals surface area contributed by atoms with Crippen molar-refractivity contribution in [3.05, 3.63) is 65.2 Å². The first-order valence-corrected chi connectivity index (χ1v) is 10.6. The number of benzene rings is 2. The van der Waals surface area contributed by atoms with E-state index >= 15 is 0 Å². The standard InChI is InChI=1S/C24H33N3O2/c1-3-24(26-4-2,17-19-5-7-20(18-25)8-6-19)23(28)21-9-11-22(12-10-21)27-13-15-29-16-14-27/h5-12,26H,3-4,13-18,25H2,1-2H3. The molecule has 156 valence electrons. The molecule has 0 bridgehead atoms. The molecule has 1 aliphatic rings. The SMILES string of the molecule is CCNC(CC)(Cc1ccc(CN)cc1)C(=O)c1ccc(N2CCOCC2)cc1. The minimum atomic E-state index is -0.612. The van der Waals surface area contributed by atoms with Crippen molar-refractivity contribution in [2.75, 3.05) is 37.7 Å². The van der Waals surface area contributed by atoms with Crippen LogP contribution in [0, 0.1) is 0 Å². The van der Waals surface area contributed by atoms with Gasteiger partial charge in [0.25, 0.3) is 0 Å². The van der Waals surface area contributed by atoms with Gasteiger partial charge in [-0.3, -0.25) is 4.79 Å². The zero-order valence-electron chi connectivity index (χ0n) is 17.6. The highest BCUT2D eigenvalue weighted by Gasteiger charge is 2.36. The third-order valence-corrected chi connectivity index (χ3v) is 5.82. The van der Waals surface area contributed by atoms with Crippen LogP contribution >= 0.6 is 0 Å². The lowest BCUT2D eigenvalue weighted by Gasteiger charge is -2.33. The first-order valence-electron chi connectivity index (χ1n) is 10.6. The largest absolute Gasteiger partial charge is 0.378 e. The van der Waals surface area contributed by atoms with Gasteiger partial charge in [-0.2, -0.15) is 0 Å². The smallest absolute Gasteiger partial charge is 0.183 e. The van der Waals surface area contributed by atoms with Gasteiger partial charge in [0, 0.05) is 30.9 Å². The summed E-state index contributed by atoms with van der Waals surface area (Å²) >= 11 is 0. The molecule has 0 amide bonds. The number of hydrogen-bond donors (Lipinski definition) is 2. The average molecular weight is 396 g/mol. The van der Waals surface area contributed by atoms with E-state index in [0.717, 1.165) is 61.6 Å². The Hall–Kier alpha value is -2.21. The second-order valence-corrected chi connectivity index (χ2v) is 7.64. The number of rotatable bonds is 9. The third-order valence-electron chi connectivity index (χ3n) is 5.82. The molecular formula is C24H33N3O2. The van der Waals surface area contributed by atoms with Crippen molar-refractivity contribution >= 4 is 11.5 Å². The lowest BCUT2D eigenvalue weighted by Crippen LogP contribution is -2.53. The zero-order chi connectivity index (χ0) is 20.7. The molecular weight excluding hydrogens is 362 g/mol. The van der Waals surface area contributed by atoms with Gasteiger partial charge >= 0.3 is 0 Å². The van der Waals surface area contributed by atoms with Crippen molar-refractivity contribution in [2.24, 2.45) is 5.73 Å². The molecule has 1 atom stereocenters. The fraction of sp³-hybridized carbons (Fsp3) is 0.458. The molecule has 1 saturated heterocycles. The molecule has 1 unspecified atom stereocenters. The highest BCUT2D eigenvalue weighted by atomic mass is 16.5. The fourth-order valence-electron chi connectivity index (χ4n) is 4.04. The van der Waals surface area contributed by atoms with Crippen molar-refractivity contribution in [1.82, 2.24) is 5.32 Å². The Morgan fingerprint density at radius 3 is 2.21 bits per heavy atom. The Balaban J connectivity index is 1.81. The van der Waals surface area contributed by atoms with Crippen LogP contribution in [0.2, 0.25) is 0 Å². The predicted octanol–water partition coefficient (Wildman–Crippen LogP) is 3.17. The van der Waals surface area contributed by atoms with Crippen LogP contribution in [0.15, 0.2) is 48.5 Å². The lowest BCUT2D eigenvalue weighted by atomic mass is 9.81. The van der Waals surface area contributed by atoms with E-state index in [2.05, 4.69) is 48.3 Å². The zero-order valence-corrected chi connectivity index (χ0v) is 17.6. The maximum atomic E-state index is 13.6. The van der Waals surface area contributed by atoms with Crippen LogP contribution < -0.4 is 16.0 Å². The number of Topliss-reactive ketones (excluding diaryl/α,β-unsaturated/α-hetero) is 1. The van der Waals surface area contributed by atoms with Gasteiger partial charge in [0.2, 0.25) is 0 Å². The molecule has 0 saturated carbocycles. The lowest BCUT2D eigenvalue weighted by molar-refractivity contribution is 0.0844. The first kappa shape index (κ1) is 21.5. The topological polar surface area (TPSA) is 67.6 Å². The molecule has 0 radical (unpaired) electrons. The van der Waals surface area contributed by atoms with E-state index in [9.17, 15) is 4.79 Å². The fourth-order valence-corrected chi connectivity index (χ4v) is 4.04. The van der Waals surface area contributed by atoms with Gasteiger partial charge in [-0.05, 0) is 54.8 Å². The Kier molecular flexibility index (Phi) is 7.42. The van der Waals surface area contributed by atoms with Crippen LogP contribution in [0.1, 0.15) is 41.8 Å². The quantitative estimate of drug-likeness (QED) is 0.639. The monoisotopic (exact) mass is 395 g/mol. The minimum Gasteiger partial charge on any atom is -0.378 e. The van der Waals surface area contributed by atoms with Crippen molar-refractivity contribution < 1.29 is 9.53 Å². The van der Waals surface area contributed by atoms with E-state index in [-0.39, 0.29) is 5.78 Å². The number of morpholine rings is 1. The van der Waals surface area contributed by atoms with E-state index in [4.69, 9.17) is 10.5 Å². The maximum Gasteiger partial charge on any atom is 0.183 e. The Morgan fingerprint density at radius 2 is 1.66 bits per heavy atom. The number of anilines is 1. The van der Waals surface area contributed by atoms with Gasteiger partial charge in [0.15, 0.2) is 5.78 Å². The molecule has 1 aliphatic heterocycles. The molecule has 1 fully saturated rings. The van der Waals surface area contributed by atoms with Gasteiger partial charge in [-0.15, -0.1) is 0 Å².